The molecule has 2 aromatic heterocycles. The number of aryl methyl sites for hydroxylation is 2. The first-order valence-electron chi connectivity index (χ1n) is 7.79. The lowest BCUT2D eigenvalue weighted by atomic mass is 10.2. The minimum absolute atomic E-state index is 0.0823. The topological polar surface area (TPSA) is 82.8 Å². The summed E-state index contributed by atoms with van der Waals surface area (Å²) in [7, 11) is 0. The van der Waals surface area contributed by atoms with Crippen LogP contribution in [0.1, 0.15) is 23.2 Å². The maximum absolute atomic E-state index is 12.0. The minimum atomic E-state index is -0.524. The van der Waals surface area contributed by atoms with Gasteiger partial charge in [0.2, 0.25) is 4.96 Å². The molecule has 0 bridgehead atoms. The van der Waals surface area contributed by atoms with Gasteiger partial charge >= 0.3 is 5.97 Å². The number of aromatic nitrogens is 3. The molecule has 25 heavy (non-hydrogen) atoms. The Labute approximate surface area is 147 Å². The van der Waals surface area contributed by atoms with Gasteiger partial charge in [0, 0.05) is 6.07 Å². The van der Waals surface area contributed by atoms with E-state index in [1.165, 1.54) is 21.9 Å². The SMILES string of the molecule is CCc1nn2c(=O)cc(COC(=O)COc3ccccc3C)nc2s1. The normalized spacial score (nSPS) is 10.8. The Morgan fingerprint density at radius 3 is 2.88 bits per heavy atom. The van der Waals surface area contributed by atoms with Crippen LogP contribution in [0.3, 0.4) is 0 Å². The number of hydrogen-bond acceptors (Lipinski definition) is 7. The van der Waals surface area contributed by atoms with Crippen LogP contribution < -0.4 is 10.3 Å². The molecule has 8 heteroatoms. The van der Waals surface area contributed by atoms with Crippen LogP contribution in [0.2, 0.25) is 0 Å². The van der Waals surface area contributed by atoms with E-state index in [1.807, 2.05) is 32.0 Å². The first-order chi connectivity index (χ1) is 12.1. The van der Waals surface area contributed by atoms with E-state index >= 15 is 0 Å². The predicted octanol–water partition coefficient (Wildman–Crippen LogP) is 2.14. The predicted molar refractivity (Wildman–Crippen MR) is 93.0 cm³/mol. The Kier molecular flexibility index (Phi) is 5.08. The summed E-state index contributed by atoms with van der Waals surface area (Å²) in [5.74, 6) is 0.109. The molecule has 2 heterocycles. The molecular formula is C17H17N3O4S. The Balaban J connectivity index is 1.61. The summed E-state index contributed by atoms with van der Waals surface area (Å²) >= 11 is 1.34. The fourth-order valence-electron chi connectivity index (χ4n) is 2.16. The highest BCUT2D eigenvalue weighted by Gasteiger charge is 2.11. The zero-order valence-corrected chi connectivity index (χ0v) is 14.7. The smallest absolute Gasteiger partial charge is 0.344 e. The van der Waals surface area contributed by atoms with Crippen LogP contribution in [0.25, 0.3) is 4.96 Å². The molecule has 130 valence electrons. The third-order valence-electron chi connectivity index (χ3n) is 3.46. The molecule has 7 nitrogen and oxygen atoms in total. The highest BCUT2D eigenvalue weighted by Crippen LogP contribution is 2.16. The minimum Gasteiger partial charge on any atom is -0.482 e. The van der Waals surface area contributed by atoms with E-state index < -0.39 is 5.97 Å². The highest BCUT2D eigenvalue weighted by atomic mass is 32.1. The van der Waals surface area contributed by atoms with Crippen LogP contribution >= 0.6 is 11.3 Å². The third-order valence-corrected chi connectivity index (χ3v) is 4.52. The average molecular weight is 359 g/mol. The standard InChI is InChI=1S/C17H17N3O4S/c1-3-14-19-20-15(21)8-12(18-17(20)25-14)9-24-16(22)10-23-13-7-5-4-6-11(13)2/h4-8H,3,9-10H2,1-2H3. The van der Waals surface area contributed by atoms with Gasteiger partial charge in [-0.3, -0.25) is 4.79 Å². The van der Waals surface area contributed by atoms with E-state index in [-0.39, 0.29) is 18.8 Å². The summed E-state index contributed by atoms with van der Waals surface area (Å²) in [6, 6.07) is 8.73. The Morgan fingerprint density at radius 2 is 2.12 bits per heavy atom. The van der Waals surface area contributed by atoms with Gasteiger partial charge in [-0.05, 0) is 25.0 Å². The molecule has 0 aliphatic heterocycles. The van der Waals surface area contributed by atoms with Crippen LogP contribution in [-0.2, 0) is 22.6 Å². The monoisotopic (exact) mass is 359 g/mol. The summed E-state index contributed by atoms with van der Waals surface area (Å²) < 4.78 is 11.8. The molecule has 0 unspecified atom stereocenters. The largest absolute Gasteiger partial charge is 0.482 e. The zero-order valence-electron chi connectivity index (χ0n) is 13.9. The number of rotatable bonds is 6. The number of fused-ring (bicyclic) bond motifs is 1. The van der Waals surface area contributed by atoms with Gasteiger partial charge in [-0.25, -0.2) is 9.78 Å². The van der Waals surface area contributed by atoms with E-state index in [2.05, 4.69) is 10.1 Å². The maximum Gasteiger partial charge on any atom is 0.344 e. The number of carbonyl (C=O) groups is 1. The number of esters is 1. The van der Waals surface area contributed by atoms with Crippen molar-refractivity contribution in [3.8, 4) is 5.75 Å². The first kappa shape index (κ1) is 17.1. The lowest BCUT2D eigenvalue weighted by Gasteiger charge is -2.08. The molecule has 3 aromatic rings. The van der Waals surface area contributed by atoms with Gasteiger partial charge in [0.05, 0.1) is 5.69 Å². The number of ether oxygens (including phenoxy) is 2. The van der Waals surface area contributed by atoms with Crippen molar-refractivity contribution in [1.82, 2.24) is 14.6 Å². The second-order valence-electron chi connectivity index (χ2n) is 5.34. The molecule has 3 rings (SSSR count). The molecule has 0 fully saturated rings. The summed E-state index contributed by atoms with van der Waals surface area (Å²) in [4.78, 5) is 28.7. The van der Waals surface area contributed by atoms with Crippen molar-refractivity contribution >= 4 is 22.3 Å². The molecule has 1 aromatic carbocycles. The van der Waals surface area contributed by atoms with Crippen LogP contribution in [0, 0.1) is 6.92 Å². The van der Waals surface area contributed by atoms with Crippen molar-refractivity contribution in [2.75, 3.05) is 6.61 Å². The second-order valence-corrected chi connectivity index (χ2v) is 6.38. The molecule has 0 radical (unpaired) electrons. The molecule has 0 saturated carbocycles. The van der Waals surface area contributed by atoms with Crippen LogP contribution in [-0.4, -0.2) is 27.2 Å². The molecule has 0 aliphatic rings. The molecular weight excluding hydrogens is 342 g/mol. The lowest BCUT2D eigenvalue weighted by Crippen LogP contribution is -2.18. The first-order valence-corrected chi connectivity index (χ1v) is 8.61. The van der Waals surface area contributed by atoms with Crippen molar-refractivity contribution in [2.45, 2.75) is 26.9 Å². The van der Waals surface area contributed by atoms with Crippen molar-refractivity contribution in [1.29, 1.82) is 0 Å². The van der Waals surface area contributed by atoms with Gasteiger partial charge in [0.1, 0.15) is 17.4 Å². The van der Waals surface area contributed by atoms with E-state index in [1.54, 1.807) is 6.07 Å². The summed E-state index contributed by atoms with van der Waals surface area (Å²) in [5.41, 5.74) is 1.04. The zero-order chi connectivity index (χ0) is 17.8. The summed E-state index contributed by atoms with van der Waals surface area (Å²) in [6.45, 7) is 3.57. The molecule has 0 atom stereocenters. The van der Waals surface area contributed by atoms with Crippen molar-refractivity contribution in [3.63, 3.8) is 0 Å². The van der Waals surface area contributed by atoms with E-state index in [4.69, 9.17) is 9.47 Å². The van der Waals surface area contributed by atoms with E-state index in [0.29, 0.717) is 16.4 Å². The quantitative estimate of drug-likeness (QED) is 0.627. The van der Waals surface area contributed by atoms with Crippen LogP contribution in [0.15, 0.2) is 35.1 Å². The number of para-hydroxylation sites is 1. The highest BCUT2D eigenvalue weighted by molar-refractivity contribution is 7.16. The number of nitrogens with zero attached hydrogens (tertiary/aromatic N) is 3. The molecule has 0 amide bonds. The van der Waals surface area contributed by atoms with Gasteiger partial charge in [0.15, 0.2) is 6.61 Å². The van der Waals surface area contributed by atoms with Crippen molar-refractivity contribution in [2.24, 2.45) is 0 Å². The average Bonchev–Trinajstić information content (AvgIpc) is 3.03. The summed E-state index contributed by atoms with van der Waals surface area (Å²) in [6.07, 6.45) is 0.730. The Hall–Kier alpha value is -2.74. The van der Waals surface area contributed by atoms with Crippen LogP contribution in [0.4, 0.5) is 0 Å². The number of carbonyl (C=O) groups excluding carboxylic acids is 1. The van der Waals surface area contributed by atoms with Gasteiger partial charge in [-0.2, -0.15) is 9.61 Å². The fourth-order valence-corrected chi connectivity index (χ4v) is 3.02. The van der Waals surface area contributed by atoms with Crippen molar-refractivity contribution < 1.29 is 14.3 Å². The molecule has 0 aliphatic carbocycles. The van der Waals surface area contributed by atoms with Crippen LogP contribution in [0.5, 0.6) is 5.75 Å². The van der Waals surface area contributed by atoms with Gasteiger partial charge in [-0.15, -0.1) is 0 Å². The van der Waals surface area contributed by atoms with E-state index in [9.17, 15) is 9.59 Å². The maximum atomic E-state index is 12.0. The van der Waals surface area contributed by atoms with E-state index in [0.717, 1.165) is 17.0 Å². The van der Waals surface area contributed by atoms with Gasteiger partial charge in [-0.1, -0.05) is 36.5 Å². The number of benzene rings is 1. The van der Waals surface area contributed by atoms with Crippen molar-refractivity contribution in [3.05, 3.63) is 57.0 Å². The fraction of sp³-hybridized carbons (Fsp3) is 0.294. The molecule has 0 N–H and O–H groups in total. The summed E-state index contributed by atoms with van der Waals surface area (Å²) in [5, 5.41) is 5.00. The van der Waals surface area contributed by atoms with Gasteiger partial charge < -0.3 is 9.47 Å². The molecule has 0 saturated heterocycles. The van der Waals surface area contributed by atoms with Gasteiger partial charge in [0.25, 0.3) is 5.56 Å². The Morgan fingerprint density at radius 1 is 1.32 bits per heavy atom. The number of hydrogen-bond donors (Lipinski definition) is 0. The lowest BCUT2D eigenvalue weighted by molar-refractivity contribution is -0.147. The molecule has 0 spiro atoms. The Bertz CT molecular complexity index is 964. The second kappa shape index (κ2) is 7.43. The third kappa shape index (κ3) is 4.03.